The van der Waals surface area contributed by atoms with Gasteiger partial charge in [-0.05, 0) is 68.5 Å². The van der Waals surface area contributed by atoms with Crippen LogP contribution in [0.15, 0.2) is 54.6 Å². The van der Waals surface area contributed by atoms with E-state index in [4.69, 9.17) is 4.74 Å². The summed E-state index contributed by atoms with van der Waals surface area (Å²) >= 11 is 0. The molecule has 4 aromatic rings. The molecule has 1 aliphatic rings. The molecule has 202 valence electrons. The van der Waals surface area contributed by atoms with Crippen molar-refractivity contribution in [1.29, 1.82) is 0 Å². The molecule has 0 saturated heterocycles. The van der Waals surface area contributed by atoms with E-state index in [-0.39, 0.29) is 34.0 Å². The SMILES string of the molecule is COc1cc(F)c(-c2nc(C)c(C(=O)Nc3cccc(C(F)(F)C4CC4)c3)n2O)cc1-c1c(C)cccc1C. The first kappa shape index (κ1) is 26.3. The maximum absolute atomic E-state index is 15.3. The van der Waals surface area contributed by atoms with E-state index in [9.17, 15) is 18.8 Å². The number of aromatic nitrogens is 2. The molecular weight excluding hydrogens is 507 g/mol. The van der Waals surface area contributed by atoms with Crippen molar-refractivity contribution in [3.05, 3.63) is 88.5 Å². The molecule has 0 bridgehead atoms. The van der Waals surface area contributed by atoms with Gasteiger partial charge in [0.25, 0.3) is 11.8 Å². The smallest absolute Gasteiger partial charge is 0.277 e. The molecule has 1 amide bonds. The Morgan fingerprint density at radius 1 is 1.05 bits per heavy atom. The van der Waals surface area contributed by atoms with Crippen LogP contribution in [-0.4, -0.2) is 27.9 Å². The van der Waals surface area contributed by atoms with Crippen molar-refractivity contribution < 1.29 is 27.9 Å². The number of rotatable bonds is 7. The molecule has 0 atom stereocenters. The standard InChI is InChI=1S/C30H28F3N3O3/c1-16-7-5-8-17(2)26(16)23-14-22(24(31)15-25(23)39-4)28-34-18(3)27(36(28)38)29(37)35-21-10-6-9-20(13-21)30(32,33)19-11-12-19/h5-10,13-15,19,38H,11-12H2,1-4H3,(H,35,37). The molecule has 1 saturated carbocycles. The highest BCUT2D eigenvalue weighted by atomic mass is 19.3. The number of carbonyl (C=O) groups is 1. The lowest BCUT2D eigenvalue weighted by Gasteiger charge is -2.17. The molecule has 2 N–H and O–H groups in total. The maximum Gasteiger partial charge on any atom is 0.277 e. The van der Waals surface area contributed by atoms with E-state index in [1.807, 2.05) is 32.0 Å². The van der Waals surface area contributed by atoms with Crippen molar-refractivity contribution in [2.75, 3.05) is 12.4 Å². The molecule has 1 fully saturated rings. The van der Waals surface area contributed by atoms with Crippen LogP contribution in [0.25, 0.3) is 22.5 Å². The predicted molar refractivity (Wildman–Crippen MR) is 142 cm³/mol. The number of nitrogens with one attached hydrogen (secondary N) is 1. The van der Waals surface area contributed by atoms with Crippen LogP contribution >= 0.6 is 0 Å². The molecule has 0 aliphatic heterocycles. The van der Waals surface area contributed by atoms with Gasteiger partial charge in [-0.25, -0.2) is 18.2 Å². The van der Waals surface area contributed by atoms with Crippen LogP contribution in [0.4, 0.5) is 18.9 Å². The number of ether oxygens (including phenoxy) is 1. The molecule has 0 unspecified atom stereocenters. The van der Waals surface area contributed by atoms with Crippen molar-refractivity contribution in [3.63, 3.8) is 0 Å². The van der Waals surface area contributed by atoms with Crippen molar-refractivity contribution in [1.82, 2.24) is 9.71 Å². The number of aryl methyl sites for hydroxylation is 3. The maximum atomic E-state index is 15.3. The monoisotopic (exact) mass is 535 g/mol. The van der Waals surface area contributed by atoms with E-state index in [1.165, 1.54) is 50.4 Å². The fourth-order valence-electron chi connectivity index (χ4n) is 4.96. The molecule has 1 aliphatic carbocycles. The fraction of sp³-hybridized carbons (Fsp3) is 0.267. The van der Waals surface area contributed by atoms with Gasteiger partial charge in [0, 0.05) is 28.8 Å². The zero-order chi connectivity index (χ0) is 28.1. The summed E-state index contributed by atoms with van der Waals surface area (Å²) in [5.74, 6) is -5.03. The Morgan fingerprint density at radius 2 is 1.72 bits per heavy atom. The second kappa shape index (κ2) is 9.80. The second-order valence-corrected chi connectivity index (χ2v) is 9.91. The number of alkyl halides is 2. The summed E-state index contributed by atoms with van der Waals surface area (Å²) in [6, 6.07) is 14.0. The molecule has 6 nitrogen and oxygen atoms in total. The second-order valence-electron chi connectivity index (χ2n) is 9.91. The van der Waals surface area contributed by atoms with Crippen molar-refractivity contribution in [2.24, 2.45) is 5.92 Å². The predicted octanol–water partition coefficient (Wildman–Crippen LogP) is 7.28. The van der Waals surface area contributed by atoms with Crippen molar-refractivity contribution >= 4 is 11.6 Å². The number of benzene rings is 3. The van der Waals surface area contributed by atoms with Gasteiger partial charge in [-0.3, -0.25) is 4.79 Å². The molecule has 5 rings (SSSR count). The van der Waals surface area contributed by atoms with Gasteiger partial charge in [-0.2, -0.15) is 4.73 Å². The Morgan fingerprint density at radius 3 is 2.36 bits per heavy atom. The minimum Gasteiger partial charge on any atom is -0.496 e. The van der Waals surface area contributed by atoms with E-state index in [0.717, 1.165) is 16.7 Å². The summed E-state index contributed by atoms with van der Waals surface area (Å²) < 4.78 is 50.4. The van der Waals surface area contributed by atoms with Gasteiger partial charge in [0.1, 0.15) is 11.6 Å². The number of imidazole rings is 1. The summed E-state index contributed by atoms with van der Waals surface area (Å²) in [5, 5.41) is 13.5. The first-order valence-electron chi connectivity index (χ1n) is 12.6. The third-order valence-electron chi connectivity index (χ3n) is 7.12. The van der Waals surface area contributed by atoms with Crippen LogP contribution in [0, 0.1) is 32.5 Å². The zero-order valence-electron chi connectivity index (χ0n) is 22.0. The Balaban J connectivity index is 1.52. The minimum atomic E-state index is -2.98. The summed E-state index contributed by atoms with van der Waals surface area (Å²) in [4.78, 5) is 17.4. The third kappa shape index (κ3) is 4.73. The quantitative estimate of drug-likeness (QED) is 0.244. The van der Waals surface area contributed by atoms with E-state index in [0.29, 0.717) is 28.9 Å². The number of methoxy groups -OCH3 is 1. The molecular formula is C30H28F3N3O3. The van der Waals surface area contributed by atoms with Gasteiger partial charge >= 0.3 is 0 Å². The Labute approximate surface area is 224 Å². The number of amides is 1. The van der Waals surface area contributed by atoms with E-state index in [1.54, 1.807) is 0 Å². The van der Waals surface area contributed by atoms with Gasteiger partial charge in [-0.1, -0.05) is 30.3 Å². The summed E-state index contributed by atoms with van der Waals surface area (Å²) in [6.45, 7) is 5.36. The van der Waals surface area contributed by atoms with Crippen LogP contribution in [0.3, 0.4) is 0 Å². The Hall–Kier alpha value is -4.27. The molecule has 9 heteroatoms. The Bertz CT molecular complexity index is 1570. The molecule has 1 aromatic heterocycles. The molecule has 3 aromatic carbocycles. The van der Waals surface area contributed by atoms with Gasteiger partial charge < -0.3 is 15.3 Å². The van der Waals surface area contributed by atoms with E-state index < -0.39 is 23.6 Å². The van der Waals surface area contributed by atoms with E-state index in [2.05, 4.69) is 10.3 Å². The number of hydrogen-bond donors (Lipinski definition) is 2. The molecule has 39 heavy (non-hydrogen) atoms. The summed E-state index contributed by atoms with van der Waals surface area (Å²) in [5.41, 5.74) is 3.16. The number of carbonyl (C=O) groups excluding carboxylic acids is 1. The summed E-state index contributed by atoms with van der Waals surface area (Å²) in [7, 11) is 1.45. The lowest BCUT2D eigenvalue weighted by molar-refractivity contribution is -0.0285. The largest absolute Gasteiger partial charge is 0.496 e. The van der Waals surface area contributed by atoms with Gasteiger partial charge in [0.05, 0.1) is 18.4 Å². The lowest BCUT2D eigenvalue weighted by atomic mass is 9.93. The minimum absolute atomic E-state index is 0.0378. The molecule has 1 heterocycles. The van der Waals surface area contributed by atoms with E-state index >= 15 is 4.39 Å². The number of nitrogens with zero attached hydrogens (tertiary/aromatic N) is 2. The van der Waals surface area contributed by atoms with Crippen LogP contribution in [0.5, 0.6) is 5.75 Å². The van der Waals surface area contributed by atoms with Gasteiger partial charge in [0.15, 0.2) is 11.5 Å². The van der Waals surface area contributed by atoms with Crippen LogP contribution < -0.4 is 10.1 Å². The van der Waals surface area contributed by atoms with Crippen molar-refractivity contribution in [2.45, 2.75) is 39.5 Å². The highest BCUT2D eigenvalue weighted by molar-refractivity contribution is 6.04. The van der Waals surface area contributed by atoms with Crippen LogP contribution in [0.1, 0.15) is 45.7 Å². The average molecular weight is 536 g/mol. The topological polar surface area (TPSA) is 76.4 Å². The first-order valence-corrected chi connectivity index (χ1v) is 12.6. The van der Waals surface area contributed by atoms with Crippen LogP contribution in [-0.2, 0) is 5.92 Å². The normalized spacial score (nSPS) is 13.4. The highest BCUT2D eigenvalue weighted by Gasteiger charge is 2.48. The number of hydrogen-bond acceptors (Lipinski definition) is 4. The van der Waals surface area contributed by atoms with Gasteiger partial charge in [0.2, 0.25) is 0 Å². The average Bonchev–Trinajstić information content (AvgIpc) is 3.70. The lowest BCUT2D eigenvalue weighted by Crippen LogP contribution is -2.19. The molecule has 0 spiro atoms. The first-order chi connectivity index (χ1) is 18.5. The Kier molecular flexibility index (Phi) is 6.62. The fourth-order valence-corrected chi connectivity index (χ4v) is 4.96. The highest BCUT2D eigenvalue weighted by Crippen LogP contribution is 2.50. The van der Waals surface area contributed by atoms with Crippen molar-refractivity contribution in [3.8, 4) is 28.3 Å². The third-order valence-corrected chi connectivity index (χ3v) is 7.12. The van der Waals surface area contributed by atoms with Gasteiger partial charge in [-0.15, -0.1) is 0 Å². The number of anilines is 1. The molecule has 0 radical (unpaired) electrons. The number of halogens is 3. The van der Waals surface area contributed by atoms with Crippen LogP contribution in [0.2, 0.25) is 0 Å². The summed E-state index contributed by atoms with van der Waals surface area (Å²) in [6.07, 6.45) is 0.921. The zero-order valence-corrected chi connectivity index (χ0v) is 22.0.